The number of benzene rings is 3. The molecule has 0 spiro atoms. The van der Waals surface area contributed by atoms with Crippen molar-refractivity contribution in [2.75, 3.05) is 13.7 Å². The van der Waals surface area contributed by atoms with Crippen LogP contribution in [-0.4, -0.2) is 34.8 Å². The van der Waals surface area contributed by atoms with Crippen LogP contribution in [0.1, 0.15) is 22.5 Å². The molecule has 8 heteroatoms. The van der Waals surface area contributed by atoms with Crippen LogP contribution in [0.2, 0.25) is 10.0 Å². The second kappa shape index (κ2) is 11.5. The number of rotatable bonds is 7. The first-order valence-electron chi connectivity index (χ1n) is 10.7. The molecule has 0 atom stereocenters. The number of hydrogen-bond donors (Lipinski definition) is 2. The lowest BCUT2D eigenvalue weighted by Crippen LogP contribution is -2.09. The van der Waals surface area contributed by atoms with E-state index >= 15 is 0 Å². The molecule has 6 nitrogen and oxygen atoms in total. The summed E-state index contributed by atoms with van der Waals surface area (Å²) in [6, 6.07) is 17.9. The first-order chi connectivity index (χ1) is 17.4. The van der Waals surface area contributed by atoms with E-state index < -0.39 is 5.97 Å². The SMILES string of the molecule is COc1ccc(C#Cc2ccc(OCC(=O)O)cc2)cc1/C=C/c1ncc(-c2ccc(Cl)cc2Cl)[nH]1. The Morgan fingerprint density at radius 3 is 2.50 bits per heavy atom. The second-order valence-corrected chi connectivity index (χ2v) is 8.40. The van der Waals surface area contributed by atoms with Crippen molar-refractivity contribution in [3.8, 4) is 34.6 Å². The minimum absolute atomic E-state index is 0.388. The molecule has 3 aromatic carbocycles. The minimum Gasteiger partial charge on any atom is -0.496 e. The third-order valence-electron chi connectivity index (χ3n) is 5.04. The number of nitrogens with one attached hydrogen (secondary N) is 1. The Kier molecular flexibility index (Phi) is 7.96. The first-order valence-corrected chi connectivity index (χ1v) is 11.5. The van der Waals surface area contributed by atoms with Gasteiger partial charge in [0.2, 0.25) is 0 Å². The molecule has 0 radical (unpaired) electrons. The molecule has 0 amide bonds. The van der Waals surface area contributed by atoms with Crippen LogP contribution in [-0.2, 0) is 4.79 Å². The van der Waals surface area contributed by atoms with E-state index in [1.54, 1.807) is 49.7 Å². The van der Waals surface area contributed by atoms with Gasteiger partial charge in [0.05, 0.1) is 24.0 Å². The molecule has 180 valence electrons. The van der Waals surface area contributed by atoms with Crippen molar-refractivity contribution >= 4 is 41.3 Å². The van der Waals surface area contributed by atoms with Crippen molar-refractivity contribution in [2.45, 2.75) is 0 Å². The van der Waals surface area contributed by atoms with E-state index in [0.29, 0.717) is 27.4 Å². The number of methoxy groups -OCH3 is 1. The molecule has 1 aromatic heterocycles. The summed E-state index contributed by atoms with van der Waals surface area (Å²) in [6.45, 7) is -0.388. The maximum Gasteiger partial charge on any atom is 0.341 e. The molecular weight excluding hydrogens is 499 g/mol. The van der Waals surface area contributed by atoms with E-state index in [9.17, 15) is 4.79 Å². The van der Waals surface area contributed by atoms with E-state index in [-0.39, 0.29) is 6.61 Å². The molecule has 0 saturated carbocycles. The molecule has 0 saturated heterocycles. The van der Waals surface area contributed by atoms with Crippen molar-refractivity contribution in [1.29, 1.82) is 0 Å². The third kappa shape index (κ3) is 6.48. The summed E-state index contributed by atoms with van der Waals surface area (Å²) in [5.74, 6) is 7.02. The minimum atomic E-state index is -1.03. The molecule has 2 N–H and O–H groups in total. The Balaban J connectivity index is 1.51. The van der Waals surface area contributed by atoms with Gasteiger partial charge in [0.15, 0.2) is 6.61 Å². The van der Waals surface area contributed by atoms with E-state index in [1.165, 1.54) is 0 Å². The highest BCUT2D eigenvalue weighted by atomic mass is 35.5. The summed E-state index contributed by atoms with van der Waals surface area (Å²) < 4.78 is 10.6. The first kappa shape index (κ1) is 24.9. The Morgan fingerprint density at radius 1 is 1.03 bits per heavy atom. The molecule has 0 aliphatic carbocycles. The molecule has 0 aliphatic heterocycles. The fraction of sp³-hybridized carbons (Fsp3) is 0.0714. The van der Waals surface area contributed by atoms with Crippen LogP contribution in [0.15, 0.2) is 66.9 Å². The van der Waals surface area contributed by atoms with Crippen LogP contribution in [0.25, 0.3) is 23.4 Å². The van der Waals surface area contributed by atoms with Crippen LogP contribution in [0.4, 0.5) is 0 Å². The van der Waals surface area contributed by atoms with Gasteiger partial charge in [0, 0.05) is 27.3 Å². The highest BCUT2D eigenvalue weighted by Gasteiger charge is 2.07. The summed E-state index contributed by atoms with van der Waals surface area (Å²) in [5.41, 5.74) is 4.00. The van der Waals surface area contributed by atoms with Crippen molar-refractivity contribution in [2.24, 2.45) is 0 Å². The number of carboxylic acid groups (broad SMARTS) is 1. The zero-order valence-corrected chi connectivity index (χ0v) is 20.6. The third-order valence-corrected chi connectivity index (χ3v) is 5.58. The van der Waals surface area contributed by atoms with Crippen molar-refractivity contribution in [3.05, 3.63) is 99.4 Å². The molecule has 4 rings (SSSR count). The van der Waals surface area contributed by atoms with Crippen LogP contribution in [0.5, 0.6) is 11.5 Å². The fourth-order valence-corrected chi connectivity index (χ4v) is 3.81. The summed E-state index contributed by atoms with van der Waals surface area (Å²) >= 11 is 12.3. The van der Waals surface area contributed by atoms with Crippen LogP contribution in [0, 0.1) is 11.8 Å². The number of aromatic nitrogens is 2. The number of nitrogens with zero attached hydrogens (tertiary/aromatic N) is 1. The summed E-state index contributed by atoms with van der Waals surface area (Å²) in [6.07, 6.45) is 5.45. The lowest BCUT2D eigenvalue weighted by molar-refractivity contribution is -0.139. The molecule has 0 aliphatic rings. The number of aliphatic carboxylic acids is 1. The smallest absolute Gasteiger partial charge is 0.341 e. The molecule has 0 fully saturated rings. The highest BCUT2D eigenvalue weighted by molar-refractivity contribution is 6.36. The van der Waals surface area contributed by atoms with Gasteiger partial charge in [-0.3, -0.25) is 0 Å². The van der Waals surface area contributed by atoms with Gasteiger partial charge in [-0.2, -0.15) is 0 Å². The van der Waals surface area contributed by atoms with Gasteiger partial charge in [-0.25, -0.2) is 9.78 Å². The van der Waals surface area contributed by atoms with Crippen molar-refractivity contribution < 1.29 is 19.4 Å². The maximum atomic E-state index is 10.6. The predicted octanol–water partition coefficient (Wildman–Crippen LogP) is 6.43. The zero-order valence-electron chi connectivity index (χ0n) is 19.1. The Morgan fingerprint density at radius 2 is 1.78 bits per heavy atom. The number of imidazole rings is 1. The van der Waals surface area contributed by atoms with E-state index in [1.807, 2.05) is 36.4 Å². The number of carboxylic acids is 1. The van der Waals surface area contributed by atoms with Crippen LogP contribution in [0.3, 0.4) is 0 Å². The van der Waals surface area contributed by atoms with E-state index in [2.05, 4.69) is 21.8 Å². The number of hydrogen-bond acceptors (Lipinski definition) is 4. The monoisotopic (exact) mass is 518 g/mol. The molecule has 0 unspecified atom stereocenters. The summed E-state index contributed by atoms with van der Waals surface area (Å²) in [4.78, 5) is 18.3. The van der Waals surface area contributed by atoms with Gasteiger partial charge in [-0.05, 0) is 72.8 Å². The van der Waals surface area contributed by atoms with Crippen molar-refractivity contribution in [1.82, 2.24) is 9.97 Å². The Hall–Kier alpha value is -4.18. The molecule has 36 heavy (non-hydrogen) atoms. The van der Waals surface area contributed by atoms with Gasteiger partial charge in [-0.1, -0.05) is 35.0 Å². The Bertz CT molecular complexity index is 1480. The summed E-state index contributed by atoms with van der Waals surface area (Å²) in [5, 5.41) is 9.80. The topological polar surface area (TPSA) is 84.4 Å². The van der Waals surface area contributed by atoms with Crippen LogP contribution < -0.4 is 9.47 Å². The molecular formula is C28H20Cl2N2O4. The molecule has 1 heterocycles. The number of H-pyrrole nitrogens is 1. The highest BCUT2D eigenvalue weighted by Crippen LogP contribution is 2.29. The predicted molar refractivity (Wildman–Crippen MR) is 142 cm³/mol. The number of carbonyl (C=O) groups is 1. The molecule has 4 aromatic rings. The Labute approximate surface area is 218 Å². The fourth-order valence-electron chi connectivity index (χ4n) is 3.30. The largest absolute Gasteiger partial charge is 0.496 e. The van der Waals surface area contributed by atoms with E-state index in [0.717, 1.165) is 27.9 Å². The van der Waals surface area contributed by atoms with E-state index in [4.69, 9.17) is 37.8 Å². The van der Waals surface area contributed by atoms with Gasteiger partial charge < -0.3 is 19.6 Å². The normalized spacial score (nSPS) is 10.6. The zero-order chi connectivity index (χ0) is 25.5. The second-order valence-electron chi connectivity index (χ2n) is 7.55. The number of aromatic amines is 1. The quantitative estimate of drug-likeness (QED) is 0.275. The van der Waals surface area contributed by atoms with Gasteiger partial charge in [-0.15, -0.1) is 0 Å². The van der Waals surface area contributed by atoms with Crippen LogP contribution >= 0.6 is 23.2 Å². The van der Waals surface area contributed by atoms with Gasteiger partial charge >= 0.3 is 5.97 Å². The number of ether oxygens (including phenoxy) is 2. The standard InChI is InChI=1S/C28H20Cl2N2O4/c1-35-26-12-6-19(3-2-18-4-9-22(10-5-18)36-17-28(33)34)14-20(26)7-13-27-31-16-25(32-27)23-11-8-21(29)15-24(23)30/h4-16H,17H2,1H3,(H,31,32)(H,33,34)/b13-7+. The average Bonchev–Trinajstić information content (AvgIpc) is 3.34. The van der Waals surface area contributed by atoms with Gasteiger partial charge in [0.25, 0.3) is 0 Å². The summed E-state index contributed by atoms with van der Waals surface area (Å²) in [7, 11) is 1.61. The maximum absolute atomic E-state index is 10.6. The number of halogens is 2. The average molecular weight is 519 g/mol. The lowest BCUT2D eigenvalue weighted by Gasteiger charge is -2.05. The van der Waals surface area contributed by atoms with Crippen molar-refractivity contribution in [3.63, 3.8) is 0 Å². The molecule has 0 bridgehead atoms. The lowest BCUT2D eigenvalue weighted by atomic mass is 10.1. The van der Waals surface area contributed by atoms with Gasteiger partial charge in [0.1, 0.15) is 17.3 Å².